The first-order chi connectivity index (χ1) is 19.2. The maximum absolute atomic E-state index is 13.4. The number of nitrogens with one attached hydrogen (secondary N) is 1. The predicted octanol–water partition coefficient (Wildman–Crippen LogP) is 4.06. The molecule has 1 aliphatic heterocycles. The predicted molar refractivity (Wildman–Crippen MR) is 141 cm³/mol. The number of nitrogens with zero attached hydrogens (tertiary/aromatic N) is 3. The number of amides is 4. The second-order valence-electron chi connectivity index (χ2n) is 9.57. The molecule has 14 heteroatoms. The minimum Gasteiger partial charge on any atom is -0.497 e. The lowest BCUT2D eigenvalue weighted by atomic mass is 10.0. The van der Waals surface area contributed by atoms with Crippen LogP contribution in [0.15, 0.2) is 71.9 Å². The van der Waals surface area contributed by atoms with Crippen LogP contribution in [0.25, 0.3) is 0 Å². The molecule has 41 heavy (non-hydrogen) atoms. The standard InChI is InChI=1S/C27H25F3N4O6S/c1-26(2)24(36)34(19-6-10-21(11-7-19)41(38,39)27(28,29)30)25(37)33(26)16-18-12-13-31-15-22(18)23(35)32-14-17-4-8-20(40-3)9-5-17/h4-13,15H,14,16H2,1-3H3,(H,32,35). The fraction of sp³-hybridized carbons (Fsp3) is 0.259. The van der Waals surface area contributed by atoms with Crippen molar-refractivity contribution in [3.63, 3.8) is 0 Å². The van der Waals surface area contributed by atoms with E-state index in [1.807, 2.05) is 0 Å². The number of aromatic nitrogens is 1. The molecule has 1 saturated heterocycles. The van der Waals surface area contributed by atoms with Crippen LogP contribution in [-0.4, -0.2) is 54.3 Å². The van der Waals surface area contributed by atoms with E-state index in [9.17, 15) is 36.0 Å². The quantitative estimate of drug-likeness (QED) is 0.392. The van der Waals surface area contributed by atoms with Gasteiger partial charge in [0.25, 0.3) is 21.7 Å². The van der Waals surface area contributed by atoms with Gasteiger partial charge in [-0.05, 0) is 67.4 Å². The third-order valence-corrected chi connectivity index (χ3v) is 8.13. The number of alkyl halides is 3. The number of hydrogen-bond acceptors (Lipinski definition) is 7. The zero-order chi connectivity index (χ0) is 30.2. The number of benzene rings is 2. The van der Waals surface area contributed by atoms with Crippen LogP contribution in [0.1, 0.15) is 35.3 Å². The van der Waals surface area contributed by atoms with Gasteiger partial charge in [0.1, 0.15) is 11.3 Å². The van der Waals surface area contributed by atoms with Gasteiger partial charge in [-0.15, -0.1) is 0 Å². The zero-order valence-corrected chi connectivity index (χ0v) is 22.9. The normalized spacial score (nSPS) is 15.3. The Labute approximate surface area is 233 Å². The summed E-state index contributed by atoms with van der Waals surface area (Å²) in [6, 6.07) is 11.1. The first-order valence-corrected chi connectivity index (χ1v) is 13.6. The summed E-state index contributed by atoms with van der Waals surface area (Å²) in [4.78, 5) is 44.7. The molecule has 4 amide bonds. The Morgan fingerprint density at radius 1 is 1.02 bits per heavy atom. The highest BCUT2D eigenvalue weighted by atomic mass is 32.2. The highest BCUT2D eigenvalue weighted by molar-refractivity contribution is 7.92. The van der Waals surface area contributed by atoms with E-state index < -0.39 is 43.6 Å². The summed E-state index contributed by atoms with van der Waals surface area (Å²) >= 11 is 0. The molecule has 0 aliphatic carbocycles. The van der Waals surface area contributed by atoms with Crippen LogP contribution in [0, 0.1) is 0 Å². The maximum Gasteiger partial charge on any atom is 0.501 e. The van der Waals surface area contributed by atoms with E-state index in [-0.39, 0.29) is 24.3 Å². The van der Waals surface area contributed by atoms with Gasteiger partial charge < -0.3 is 15.0 Å². The molecule has 1 aliphatic rings. The number of halogens is 3. The van der Waals surface area contributed by atoms with E-state index in [0.29, 0.717) is 23.4 Å². The number of imide groups is 1. The molecule has 0 unspecified atom stereocenters. The molecule has 216 valence electrons. The highest BCUT2D eigenvalue weighted by Gasteiger charge is 2.52. The van der Waals surface area contributed by atoms with Crippen molar-refractivity contribution in [2.24, 2.45) is 0 Å². The van der Waals surface area contributed by atoms with Crippen molar-refractivity contribution in [3.05, 3.63) is 83.7 Å². The third-order valence-electron chi connectivity index (χ3n) is 6.63. The number of ether oxygens (including phenoxy) is 1. The van der Waals surface area contributed by atoms with Gasteiger partial charge in [-0.3, -0.25) is 14.6 Å². The van der Waals surface area contributed by atoms with Crippen molar-refractivity contribution >= 4 is 33.4 Å². The fourth-order valence-electron chi connectivity index (χ4n) is 4.19. The molecule has 0 atom stereocenters. The van der Waals surface area contributed by atoms with E-state index in [1.54, 1.807) is 31.4 Å². The highest BCUT2D eigenvalue weighted by Crippen LogP contribution is 2.36. The monoisotopic (exact) mass is 590 g/mol. The van der Waals surface area contributed by atoms with Crippen molar-refractivity contribution in [1.82, 2.24) is 15.2 Å². The van der Waals surface area contributed by atoms with E-state index in [4.69, 9.17) is 4.74 Å². The Morgan fingerprint density at radius 3 is 2.24 bits per heavy atom. The number of urea groups is 1. The summed E-state index contributed by atoms with van der Waals surface area (Å²) in [5.41, 5.74) is -5.63. The Hall–Kier alpha value is -4.46. The number of sulfone groups is 1. The van der Waals surface area contributed by atoms with E-state index in [1.165, 1.54) is 37.2 Å². The molecule has 1 aromatic heterocycles. The van der Waals surface area contributed by atoms with Gasteiger partial charge in [-0.2, -0.15) is 13.2 Å². The topological polar surface area (TPSA) is 126 Å². The number of anilines is 1. The minimum absolute atomic E-state index is 0.108. The number of carbonyl (C=O) groups is 3. The number of rotatable bonds is 8. The Kier molecular flexibility index (Phi) is 7.81. The van der Waals surface area contributed by atoms with Crippen molar-refractivity contribution < 1.29 is 40.7 Å². The molecular formula is C27H25F3N4O6S. The van der Waals surface area contributed by atoms with Gasteiger partial charge in [-0.1, -0.05) is 12.1 Å². The lowest BCUT2D eigenvalue weighted by Gasteiger charge is -2.28. The van der Waals surface area contributed by atoms with E-state index in [2.05, 4.69) is 10.3 Å². The smallest absolute Gasteiger partial charge is 0.497 e. The second-order valence-corrected chi connectivity index (χ2v) is 11.5. The van der Waals surface area contributed by atoms with Crippen LogP contribution >= 0.6 is 0 Å². The molecule has 10 nitrogen and oxygen atoms in total. The maximum atomic E-state index is 13.4. The van der Waals surface area contributed by atoms with Crippen LogP contribution < -0.4 is 15.0 Å². The molecule has 0 radical (unpaired) electrons. The molecule has 3 aromatic rings. The number of hydrogen-bond donors (Lipinski definition) is 1. The summed E-state index contributed by atoms with van der Waals surface area (Å²) < 4.78 is 67.2. The lowest BCUT2D eigenvalue weighted by molar-refractivity contribution is -0.123. The Balaban J connectivity index is 1.55. The summed E-state index contributed by atoms with van der Waals surface area (Å²) in [5, 5.41) is 2.79. The van der Waals surface area contributed by atoms with Gasteiger partial charge >= 0.3 is 11.5 Å². The largest absolute Gasteiger partial charge is 0.501 e. The fourth-order valence-corrected chi connectivity index (χ4v) is 4.96. The van der Waals surface area contributed by atoms with Gasteiger partial charge in [0, 0.05) is 25.5 Å². The molecule has 0 spiro atoms. The van der Waals surface area contributed by atoms with Gasteiger partial charge in [0.15, 0.2) is 0 Å². The van der Waals surface area contributed by atoms with Crippen molar-refractivity contribution in [2.45, 2.75) is 42.9 Å². The number of carbonyl (C=O) groups excluding carboxylic acids is 3. The molecule has 4 rings (SSSR count). The lowest BCUT2D eigenvalue weighted by Crippen LogP contribution is -2.44. The molecule has 0 bridgehead atoms. The second kappa shape index (κ2) is 10.8. The molecule has 1 N–H and O–H groups in total. The molecule has 2 heterocycles. The minimum atomic E-state index is -5.61. The zero-order valence-electron chi connectivity index (χ0n) is 22.1. The summed E-state index contributed by atoms with van der Waals surface area (Å²) in [5.74, 6) is -0.482. The van der Waals surface area contributed by atoms with Crippen LogP contribution in [-0.2, 0) is 27.7 Å². The SMILES string of the molecule is COc1ccc(CNC(=O)c2cnccc2CN2C(=O)N(c3ccc(S(=O)(=O)C(F)(F)F)cc3)C(=O)C2(C)C)cc1. The first kappa shape index (κ1) is 29.5. The molecule has 0 saturated carbocycles. The van der Waals surface area contributed by atoms with Crippen LogP contribution in [0.5, 0.6) is 5.75 Å². The van der Waals surface area contributed by atoms with Gasteiger partial charge in [-0.25, -0.2) is 18.1 Å². The van der Waals surface area contributed by atoms with Crippen LogP contribution in [0.3, 0.4) is 0 Å². The first-order valence-electron chi connectivity index (χ1n) is 12.1. The summed E-state index contributed by atoms with van der Waals surface area (Å²) in [7, 11) is -4.06. The third kappa shape index (κ3) is 5.59. The van der Waals surface area contributed by atoms with E-state index in [0.717, 1.165) is 22.6 Å². The van der Waals surface area contributed by atoms with Crippen molar-refractivity contribution in [1.29, 1.82) is 0 Å². The summed E-state index contributed by atoms with van der Waals surface area (Å²) in [6.45, 7) is 3.01. The van der Waals surface area contributed by atoms with Crippen LogP contribution in [0.4, 0.5) is 23.7 Å². The van der Waals surface area contributed by atoms with Crippen LogP contribution in [0.2, 0.25) is 0 Å². The average Bonchev–Trinajstić information content (AvgIpc) is 3.10. The molecule has 1 fully saturated rings. The van der Waals surface area contributed by atoms with Gasteiger partial charge in [0.05, 0.1) is 23.3 Å². The van der Waals surface area contributed by atoms with Crippen molar-refractivity contribution in [3.8, 4) is 5.75 Å². The van der Waals surface area contributed by atoms with Gasteiger partial charge in [0.2, 0.25) is 0 Å². The molecule has 2 aromatic carbocycles. The number of methoxy groups -OCH3 is 1. The summed E-state index contributed by atoms with van der Waals surface area (Å²) in [6.07, 6.45) is 2.77. The number of pyridine rings is 1. The Morgan fingerprint density at radius 2 is 1.66 bits per heavy atom. The molecular weight excluding hydrogens is 565 g/mol. The van der Waals surface area contributed by atoms with Crippen molar-refractivity contribution in [2.75, 3.05) is 12.0 Å². The average molecular weight is 591 g/mol. The van der Waals surface area contributed by atoms with E-state index >= 15 is 0 Å². The Bertz CT molecular complexity index is 1590.